The van der Waals surface area contributed by atoms with Gasteiger partial charge < -0.3 is 15.2 Å². The molecule has 2 N–H and O–H groups in total. The van der Waals surface area contributed by atoms with Gasteiger partial charge in [0.1, 0.15) is 5.82 Å². The summed E-state index contributed by atoms with van der Waals surface area (Å²) in [7, 11) is 0. The number of guanidine groups is 1. The normalized spacial score (nSPS) is 11.7. The summed E-state index contributed by atoms with van der Waals surface area (Å²) in [4.78, 5) is 14.9. The first-order valence-corrected chi connectivity index (χ1v) is 10.9. The predicted molar refractivity (Wildman–Crippen MR) is 121 cm³/mol. The standard InChI is InChI=1S/C22H30N6S/c1-5-23-22(25-10-9-21-27-16(2)17(3)29-21)26-14-19-7-6-8-20(13-19)15-28-12-11-24-18(28)4/h6-8,11-13H,5,9-10,14-15H2,1-4H3,(H2,23,25,26). The SMILES string of the molecule is CCNC(=NCc1cccc(Cn2ccnc2C)c1)NCCc1nc(C)c(C)s1. The van der Waals surface area contributed by atoms with Crippen LogP contribution in [0, 0.1) is 20.8 Å². The fourth-order valence-corrected chi connectivity index (χ4v) is 3.97. The minimum absolute atomic E-state index is 0.640. The zero-order chi connectivity index (χ0) is 20.6. The summed E-state index contributed by atoms with van der Waals surface area (Å²) >= 11 is 1.78. The van der Waals surface area contributed by atoms with Crippen LogP contribution in [-0.2, 0) is 19.5 Å². The molecule has 29 heavy (non-hydrogen) atoms. The van der Waals surface area contributed by atoms with Crippen LogP contribution in [0.3, 0.4) is 0 Å². The van der Waals surface area contributed by atoms with Crippen LogP contribution in [-0.4, -0.2) is 33.6 Å². The van der Waals surface area contributed by atoms with Crippen LogP contribution < -0.4 is 10.6 Å². The van der Waals surface area contributed by atoms with E-state index >= 15 is 0 Å². The molecule has 0 unspecified atom stereocenters. The van der Waals surface area contributed by atoms with Gasteiger partial charge in [-0.05, 0) is 38.8 Å². The van der Waals surface area contributed by atoms with E-state index in [1.165, 1.54) is 21.0 Å². The summed E-state index contributed by atoms with van der Waals surface area (Å²) in [5.74, 6) is 1.87. The van der Waals surface area contributed by atoms with Crippen LogP contribution >= 0.6 is 11.3 Å². The summed E-state index contributed by atoms with van der Waals surface area (Å²) < 4.78 is 2.15. The molecule has 0 aliphatic carbocycles. The van der Waals surface area contributed by atoms with Crippen LogP contribution in [0.15, 0.2) is 41.7 Å². The number of benzene rings is 1. The Hall–Kier alpha value is -2.67. The molecule has 2 aromatic heterocycles. The molecule has 154 valence electrons. The van der Waals surface area contributed by atoms with E-state index in [9.17, 15) is 0 Å². The predicted octanol–water partition coefficient (Wildman–Crippen LogP) is 3.61. The lowest BCUT2D eigenvalue weighted by Crippen LogP contribution is -2.38. The Bertz CT molecular complexity index is 936. The van der Waals surface area contributed by atoms with E-state index in [2.05, 4.69) is 70.2 Å². The van der Waals surface area contributed by atoms with Gasteiger partial charge in [-0.15, -0.1) is 11.3 Å². The highest BCUT2D eigenvalue weighted by Crippen LogP contribution is 2.16. The lowest BCUT2D eigenvalue weighted by molar-refractivity contribution is 0.760. The molecule has 0 atom stereocenters. The van der Waals surface area contributed by atoms with Gasteiger partial charge in [0.05, 0.1) is 17.2 Å². The van der Waals surface area contributed by atoms with Crippen molar-refractivity contribution in [2.75, 3.05) is 13.1 Å². The maximum atomic E-state index is 4.75. The first-order chi connectivity index (χ1) is 14.0. The lowest BCUT2D eigenvalue weighted by atomic mass is 10.1. The van der Waals surface area contributed by atoms with Crippen molar-refractivity contribution in [1.82, 2.24) is 25.2 Å². The van der Waals surface area contributed by atoms with E-state index in [0.717, 1.165) is 43.5 Å². The Labute approximate surface area is 177 Å². The molecule has 0 aliphatic rings. The average Bonchev–Trinajstić information content (AvgIpc) is 3.25. The van der Waals surface area contributed by atoms with E-state index in [1.54, 1.807) is 11.3 Å². The number of aromatic nitrogens is 3. The van der Waals surface area contributed by atoms with E-state index in [1.807, 2.05) is 19.3 Å². The molecule has 0 bridgehead atoms. The molecule has 1 aromatic carbocycles. The van der Waals surface area contributed by atoms with Crippen LogP contribution in [0.5, 0.6) is 0 Å². The van der Waals surface area contributed by atoms with Crippen LogP contribution in [0.4, 0.5) is 0 Å². The third kappa shape index (κ3) is 6.15. The number of imidazole rings is 1. The van der Waals surface area contributed by atoms with E-state index in [0.29, 0.717) is 6.54 Å². The molecule has 3 rings (SSSR count). The van der Waals surface area contributed by atoms with Gasteiger partial charge in [-0.25, -0.2) is 15.0 Å². The summed E-state index contributed by atoms with van der Waals surface area (Å²) in [6.45, 7) is 11.4. The second kappa shape index (κ2) is 10.2. The van der Waals surface area contributed by atoms with Gasteiger partial charge in [0.2, 0.25) is 0 Å². The third-order valence-corrected chi connectivity index (χ3v) is 5.87. The minimum Gasteiger partial charge on any atom is -0.357 e. The zero-order valence-electron chi connectivity index (χ0n) is 17.7. The number of thiazole rings is 1. The largest absolute Gasteiger partial charge is 0.357 e. The van der Waals surface area contributed by atoms with Gasteiger partial charge in [0, 0.05) is 43.3 Å². The van der Waals surface area contributed by atoms with Crippen molar-refractivity contribution in [3.63, 3.8) is 0 Å². The molecule has 2 heterocycles. The van der Waals surface area contributed by atoms with Gasteiger partial charge in [-0.2, -0.15) is 0 Å². The fraction of sp³-hybridized carbons (Fsp3) is 0.409. The molecule has 0 saturated heterocycles. The summed E-state index contributed by atoms with van der Waals surface area (Å²) in [6.07, 6.45) is 4.76. The molecule has 0 radical (unpaired) electrons. The van der Waals surface area contributed by atoms with Crippen molar-refractivity contribution in [2.45, 2.75) is 47.2 Å². The molecule has 3 aromatic rings. The van der Waals surface area contributed by atoms with Gasteiger partial charge in [0.25, 0.3) is 0 Å². The molecule has 0 aliphatic heterocycles. The Morgan fingerprint density at radius 3 is 2.69 bits per heavy atom. The third-order valence-electron chi connectivity index (χ3n) is 4.74. The minimum atomic E-state index is 0.640. The number of aliphatic imine (C=N–C) groups is 1. The number of hydrogen-bond donors (Lipinski definition) is 2. The van der Waals surface area contributed by atoms with Crippen molar-refractivity contribution in [1.29, 1.82) is 0 Å². The number of nitrogens with one attached hydrogen (secondary N) is 2. The molecular weight excluding hydrogens is 380 g/mol. The molecular formula is C22H30N6S. The van der Waals surface area contributed by atoms with Crippen LogP contribution in [0.25, 0.3) is 0 Å². The summed E-state index contributed by atoms with van der Waals surface area (Å²) in [5, 5.41) is 7.92. The molecule has 0 fully saturated rings. The van der Waals surface area contributed by atoms with Crippen molar-refractivity contribution < 1.29 is 0 Å². The van der Waals surface area contributed by atoms with Crippen LogP contribution in [0.2, 0.25) is 0 Å². The fourth-order valence-electron chi connectivity index (χ4n) is 3.04. The highest BCUT2D eigenvalue weighted by atomic mass is 32.1. The van der Waals surface area contributed by atoms with Crippen molar-refractivity contribution in [2.24, 2.45) is 4.99 Å². The monoisotopic (exact) mass is 410 g/mol. The highest BCUT2D eigenvalue weighted by Gasteiger charge is 2.05. The van der Waals surface area contributed by atoms with Gasteiger partial charge in [-0.3, -0.25) is 0 Å². The lowest BCUT2D eigenvalue weighted by Gasteiger charge is -2.11. The van der Waals surface area contributed by atoms with E-state index < -0.39 is 0 Å². The average molecular weight is 411 g/mol. The first-order valence-electron chi connectivity index (χ1n) is 10.1. The quantitative estimate of drug-likeness (QED) is 0.440. The van der Waals surface area contributed by atoms with Gasteiger partial charge in [0.15, 0.2) is 5.96 Å². The topological polar surface area (TPSA) is 67.1 Å². The van der Waals surface area contributed by atoms with E-state index in [4.69, 9.17) is 4.99 Å². The van der Waals surface area contributed by atoms with Crippen molar-refractivity contribution in [3.8, 4) is 0 Å². The maximum absolute atomic E-state index is 4.75. The molecule has 0 amide bonds. The van der Waals surface area contributed by atoms with Crippen LogP contribution in [0.1, 0.15) is 39.5 Å². The zero-order valence-corrected chi connectivity index (χ0v) is 18.5. The number of rotatable bonds is 8. The Balaban J connectivity index is 1.57. The van der Waals surface area contributed by atoms with Crippen molar-refractivity contribution in [3.05, 3.63) is 69.2 Å². The summed E-state index contributed by atoms with van der Waals surface area (Å²) in [5.41, 5.74) is 3.59. The van der Waals surface area contributed by atoms with E-state index in [-0.39, 0.29) is 0 Å². The number of nitrogens with zero attached hydrogens (tertiary/aromatic N) is 4. The van der Waals surface area contributed by atoms with Gasteiger partial charge >= 0.3 is 0 Å². The smallest absolute Gasteiger partial charge is 0.191 e. The second-order valence-electron chi connectivity index (χ2n) is 7.04. The number of aryl methyl sites for hydroxylation is 3. The van der Waals surface area contributed by atoms with Crippen molar-refractivity contribution >= 4 is 17.3 Å². The molecule has 7 heteroatoms. The Kier molecular flexibility index (Phi) is 7.41. The molecule has 0 spiro atoms. The molecule has 0 saturated carbocycles. The van der Waals surface area contributed by atoms with Gasteiger partial charge in [-0.1, -0.05) is 24.3 Å². The summed E-state index contributed by atoms with van der Waals surface area (Å²) in [6, 6.07) is 8.58. The highest BCUT2D eigenvalue weighted by molar-refractivity contribution is 7.11. The second-order valence-corrected chi connectivity index (χ2v) is 8.33. The maximum Gasteiger partial charge on any atom is 0.191 e. The Morgan fingerprint density at radius 1 is 1.17 bits per heavy atom. The molecule has 6 nitrogen and oxygen atoms in total. The Morgan fingerprint density at radius 2 is 2.00 bits per heavy atom. The number of hydrogen-bond acceptors (Lipinski definition) is 4. The first kappa shape index (κ1) is 21.0.